The standard InChI is InChI=1S/C59H39NO2/c1-59(2)51-18-8-7-15-49(51)55-43(16-9-19-52(55)59)39-23-30-42(31-24-39)60(53-20-10-17-46-47-32-25-38-12-4-6-14-45(38)57(47)62-58(46)53)41-28-21-36(22-29-41)40-27-34-54-50(35-40)48-33-26-37-11-3-5-13-44(37)56(48)61-54/h3-35H,1-2H3. The number of fused-ring (bicyclic) bond motifs is 13. The smallest absolute Gasteiger partial charge is 0.159 e. The predicted molar refractivity (Wildman–Crippen MR) is 259 cm³/mol. The molecule has 0 amide bonds. The van der Waals surface area contributed by atoms with Gasteiger partial charge in [-0.15, -0.1) is 0 Å². The summed E-state index contributed by atoms with van der Waals surface area (Å²) in [6.07, 6.45) is 0. The summed E-state index contributed by atoms with van der Waals surface area (Å²) in [6.45, 7) is 4.68. The molecule has 1 aliphatic rings. The molecular weight excluding hydrogens is 755 g/mol. The van der Waals surface area contributed by atoms with Crippen LogP contribution in [0.1, 0.15) is 25.0 Å². The Kier molecular flexibility index (Phi) is 7.36. The van der Waals surface area contributed by atoms with Crippen molar-refractivity contribution < 1.29 is 8.83 Å². The number of anilines is 3. The number of hydrogen-bond acceptors (Lipinski definition) is 3. The summed E-state index contributed by atoms with van der Waals surface area (Å²) in [6, 6.07) is 72.4. The summed E-state index contributed by atoms with van der Waals surface area (Å²) in [5.41, 5.74) is 16.7. The summed E-state index contributed by atoms with van der Waals surface area (Å²) < 4.78 is 13.4. The Morgan fingerprint density at radius 3 is 1.66 bits per heavy atom. The highest BCUT2D eigenvalue weighted by molar-refractivity contribution is 6.18. The molecule has 3 heteroatoms. The van der Waals surface area contributed by atoms with Crippen LogP contribution in [0.2, 0.25) is 0 Å². The Labute approximate surface area is 358 Å². The van der Waals surface area contributed by atoms with Gasteiger partial charge in [0.15, 0.2) is 5.58 Å². The van der Waals surface area contributed by atoms with Crippen molar-refractivity contribution in [1.82, 2.24) is 0 Å². The van der Waals surface area contributed by atoms with Crippen molar-refractivity contribution in [2.75, 3.05) is 4.90 Å². The molecule has 10 aromatic carbocycles. The molecule has 0 spiro atoms. The fraction of sp³-hybridized carbons (Fsp3) is 0.0508. The Balaban J connectivity index is 0.952. The van der Waals surface area contributed by atoms with Crippen molar-refractivity contribution in [3.8, 4) is 33.4 Å². The van der Waals surface area contributed by atoms with E-state index in [0.29, 0.717) is 0 Å². The first-order valence-electron chi connectivity index (χ1n) is 21.4. The van der Waals surface area contributed by atoms with Gasteiger partial charge in [0.25, 0.3) is 0 Å². The predicted octanol–water partition coefficient (Wildman–Crippen LogP) is 16.9. The molecule has 0 N–H and O–H groups in total. The number of benzene rings is 10. The van der Waals surface area contributed by atoms with Gasteiger partial charge in [-0.25, -0.2) is 0 Å². The quantitative estimate of drug-likeness (QED) is 0.174. The van der Waals surface area contributed by atoms with Gasteiger partial charge < -0.3 is 13.7 Å². The van der Waals surface area contributed by atoms with Gasteiger partial charge in [0.2, 0.25) is 0 Å². The minimum Gasteiger partial charge on any atom is -0.455 e. The SMILES string of the molecule is CC1(C)c2ccccc2-c2c(-c3ccc(N(c4ccc(-c5ccc6oc7c8ccccc8ccc7c6c5)cc4)c4cccc5c4oc4c6ccccc6ccc54)cc3)cccc21. The van der Waals surface area contributed by atoms with Crippen LogP contribution < -0.4 is 4.90 Å². The highest BCUT2D eigenvalue weighted by Crippen LogP contribution is 2.52. The lowest BCUT2D eigenvalue weighted by atomic mass is 9.82. The zero-order valence-electron chi connectivity index (χ0n) is 34.3. The van der Waals surface area contributed by atoms with Gasteiger partial charge in [0, 0.05) is 49.1 Å². The number of para-hydroxylation sites is 1. The van der Waals surface area contributed by atoms with Gasteiger partial charge >= 0.3 is 0 Å². The zero-order chi connectivity index (χ0) is 41.1. The number of rotatable bonds is 5. The van der Waals surface area contributed by atoms with Gasteiger partial charge in [0.1, 0.15) is 16.7 Å². The Morgan fingerprint density at radius 1 is 0.371 bits per heavy atom. The molecule has 2 aromatic heterocycles. The molecule has 0 unspecified atom stereocenters. The van der Waals surface area contributed by atoms with Crippen LogP contribution in [-0.2, 0) is 5.41 Å². The summed E-state index contributed by atoms with van der Waals surface area (Å²) in [7, 11) is 0. The van der Waals surface area contributed by atoms with Gasteiger partial charge in [-0.05, 0) is 110 Å². The largest absolute Gasteiger partial charge is 0.455 e. The first-order chi connectivity index (χ1) is 30.5. The summed E-state index contributed by atoms with van der Waals surface area (Å²) >= 11 is 0. The van der Waals surface area contributed by atoms with Crippen molar-refractivity contribution in [3.05, 3.63) is 211 Å². The molecule has 0 saturated heterocycles. The van der Waals surface area contributed by atoms with E-state index in [4.69, 9.17) is 8.83 Å². The van der Waals surface area contributed by atoms with Crippen LogP contribution in [0.5, 0.6) is 0 Å². The first kappa shape index (κ1) is 34.9. The molecular formula is C59H39NO2. The maximum absolute atomic E-state index is 6.95. The van der Waals surface area contributed by atoms with Crippen molar-refractivity contribution in [2.45, 2.75) is 19.3 Å². The summed E-state index contributed by atoms with van der Waals surface area (Å²) in [4.78, 5) is 2.34. The molecule has 3 nitrogen and oxygen atoms in total. The second-order valence-corrected chi connectivity index (χ2v) is 17.2. The maximum atomic E-state index is 6.95. The van der Waals surface area contributed by atoms with Crippen LogP contribution in [0.4, 0.5) is 17.1 Å². The van der Waals surface area contributed by atoms with E-state index in [0.717, 1.165) is 88.2 Å². The summed E-state index contributed by atoms with van der Waals surface area (Å²) in [5, 5.41) is 9.05. The van der Waals surface area contributed by atoms with Crippen LogP contribution in [-0.4, -0.2) is 0 Å². The molecule has 0 bridgehead atoms. The van der Waals surface area contributed by atoms with Crippen LogP contribution in [0.15, 0.2) is 209 Å². The Bertz CT molecular complexity index is 3770. The molecule has 1 aliphatic carbocycles. The van der Waals surface area contributed by atoms with Crippen molar-refractivity contribution in [2.24, 2.45) is 0 Å². The molecule has 0 aliphatic heterocycles. The second kappa shape index (κ2) is 13.1. The Hall–Kier alpha value is -7.88. The number of hydrogen-bond donors (Lipinski definition) is 0. The van der Waals surface area contributed by atoms with Crippen LogP contribution in [0.3, 0.4) is 0 Å². The number of nitrogens with zero attached hydrogens (tertiary/aromatic N) is 1. The fourth-order valence-corrected chi connectivity index (χ4v) is 10.4. The van der Waals surface area contributed by atoms with E-state index in [1.807, 2.05) is 0 Å². The zero-order valence-corrected chi connectivity index (χ0v) is 34.3. The lowest BCUT2D eigenvalue weighted by molar-refractivity contribution is 0.660. The van der Waals surface area contributed by atoms with Crippen LogP contribution in [0.25, 0.3) is 98.8 Å². The van der Waals surface area contributed by atoms with Gasteiger partial charge in [-0.1, -0.05) is 159 Å². The van der Waals surface area contributed by atoms with E-state index in [9.17, 15) is 0 Å². The Morgan fingerprint density at radius 2 is 0.919 bits per heavy atom. The number of furan rings is 2. The molecule has 0 saturated carbocycles. The minimum atomic E-state index is -0.0611. The van der Waals surface area contributed by atoms with Crippen LogP contribution >= 0.6 is 0 Å². The molecule has 0 fully saturated rings. The monoisotopic (exact) mass is 793 g/mol. The van der Waals surface area contributed by atoms with E-state index in [-0.39, 0.29) is 5.41 Å². The molecule has 292 valence electrons. The van der Waals surface area contributed by atoms with Crippen molar-refractivity contribution in [1.29, 1.82) is 0 Å². The second-order valence-electron chi connectivity index (χ2n) is 17.2. The third-order valence-corrected chi connectivity index (χ3v) is 13.5. The van der Waals surface area contributed by atoms with E-state index >= 15 is 0 Å². The van der Waals surface area contributed by atoms with Gasteiger partial charge in [-0.3, -0.25) is 0 Å². The fourth-order valence-electron chi connectivity index (χ4n) is 10.4. The van der Waals surface area contributed by atoms with E-state index in [1.165, 1.54) is 38.8 Å². The van der Waals surface area contributed by atoms with Crippen molar-refractivity contribution in [3.63, 3.8) is 0 Å². The van der Waals surface area contributed by atoms with Gasteiger partial charge in [-0.2, -0.15) is 0 Å². The molecule has 62 heavy (non-hydrogen) atoms. The van der Waals surface area contributed by atoms with Crippen molar-refractivity contribution >= 4 is 82.5 Å². The highest BCUT2D eigenvalue weighted by Gasteiger charge is 2.36. The topological polar surface area (TPSA) is 29.5 Å². The van der Waals surface area contributed by atoms with E-state index < -0.39 is 0 Å². The molecule has 0 radical (unpaired) electrons. The lowest BCUT2D eigenvalue weighted by Gasteiger charge is -2.26. The average Bonchev–Trinajstić information content (AvgIpc) is 3.98. The molecule has 2 heterocycles. The highest BCUT2D eigenvalue weighted by atomic mass is 16.3. The third kappa shape index (κ3) is 5.06. The molecule has 13 rings (SSSR count). The third-order valence-electron chi connectivity index (χ3n) is 13.5. The van der Waals surface area contributed by atoms with E-state index in [2.05, 4.69) is 219 Å². The summed E-state index contributed by atoms with van der Waals surface area (Å²) in [5.74, 6) is 0. The van der Waals surface area contributed by atoms with E-state index in [1.54, 1.807) is 0 Å². The lowest BCUT2D eigenvalue weighted by Crippen LogP contribution is -2.14. The average molecular weight is 794 g/mol. The van der Waals surface area contributed by atoms with Crippen LogP contribution in [0, 0.1) is 0 Å². The maximum Gasteiger partial charge on any atom is 0.159 e. The normalized spacial score (nSPS) is 13.1. The molecule has 12 aromatic rings. The first-order valence-corrected chi connectivity index (χ1v) is 21.4. The minimum absolute atomic E-state index is 0.0611. The van der Waals surface area contributed by atoms with Gasteiger partial charge in [0.05, 0.1) is 5.69 Å². The molecule has 0 atom stereocenters.